The molecule has 0 aliphatic heterocycles. The molecule has 0 saturated heterocycles. The van der Waals surface area contributed by atoms with Gasteiger partial charge in [-0.15, -0.1) is 12.4 Å². The molecule has 3 N–H and O–H groups in total. The lowest BCUT2D eigenvalue weighted by atomic mass is 10.1. The maximum Gasteiger partial charge on any atom is 0.305 e. The Kier molecular flexibility index (Phi) is 11.3. The van der Waals surface area contributed by atoms with Gasteiger partial charge in [-0.1, -0.05) is 42.4 Å². The molecule has 0 spiro atoms. The topological polar surface area (TPSA) is 117 Å². The van der Waals surface area contributed by atoms with Gasteiger partial charge in [-0.05, 0) is 56.0 Å². The van der Waals surface area contributed by atoms with Crippen LogP contribution < -0.4 is 10.2 Å². The van der Waals surface area contributed by atoms with Crippen LogP contribution in [0, 0.1) is 10.1 Å². The van der Waals surface area contributed by atoms with Crippen LogP contribution in [0.25, 0.3) is 10.2 Å². The first-order valence-corrected chi connectivity index (χ1v) is 11.7. The number of non-ortho nitro benzene ring substituents is 1. The second-order valence-corrected chi connectivity index (χ2v) is 8.65. The molecule has 0 unspecified atom stereocenters. The maximum absolute atomic E-state index is 11.6. The zero-order valence-corrected chi connectivity index (χ0v) is 20.0. The van der Waals surface area contributed by atoms with Gasteiger partial charge in [-0.2, -0.15) is 0 Å². The lowest BCUT2D eigenvalue weighted by Gasteiger charge is -2.07. The quantitative estimate of drug-likeness (QED) is 0.171. The maximum atomic E-state index is 11.6. The number of rotatable bonds is 14. The van der Waals surface area contributed by atoms with E-state index in [9.17, 15) is 20.0 Å². The van der Waals surface area contributed by atoms with Gasteiger partial charge in [-0.25, -0.2) is 0 Å². The van der Waals surface area contributed by atoms with Crippen molar-refractivity contribution in [3.05, 3.63) is 67.3 Å². The van der Waals surface area contributed by atoms with Crippen LogP contribution >= 0.6 is 23.7 Å². The Morgan fingerprint density at radius 2 is 1.76 bits per heavy atom. The van der Waals surface area contributed by atoms with Gasteiger partial charge in [-0.3, -0.25) is 14.9 Å². The van der Waals surface area contributed by atoms with Crippen molar-refractivity contribution in [1.29, 1.82) is 0 Å². The number of hydrogen-bond donors (Lipinski definition) is 3. The molecule has 0 fully saturated rings. The van der Waals surface area contributed by atoms with E-state index in [4.69, 9.17) is 4.74 Å². The largest absolute Gasteiger partial charge is 0.506 e. The van der Waals surface area contributed by atoms with Gasteiger partial charge in [0.1, 0.15) is 11.3 Å². The summed E-state index contributed by atoms with van der Waals surface area (Å²) < 4.78 is 6.50. The van der Waals surface area contributed by atoms with E-state index in [1.165, 1.54) is 12.1 Å². The molecule has 0 aliphatic carbocycles. The van der Waals surface area contributed by atoms with Gasteiger partial charge in [0, 0.05) is 18.7 Å². The number of nitro benzene ring substituents is 1. The highest BCUT2D eigenvalue weighted by Crippen LogP contribution is 2.27. The van der Waals surface area contributed by atoms with Crippen molar-refractivity contribution in [2.45, 2.75) is 38.5 Å². The van der Waals surface area contributed by atoms with Crippen LogP contribution in [0.2, 0.25) is 0 Å². The molecular formula is C23H30ClN3O5S. The minimum atomic E-state index is -0.392. The van der Waals surface area contributed by atoms with Crippen LogP contribution in [0.3, 0.4) is 0 Å². The number of halogens is 1. The molecule has 10 heteroatoms. The second kappa shape index (κ2) is 13.9. The summed E-state index contributed by atoms with van der Waals surface area (Å²) in [6.45, 7) is 3.14. The molecule has 180 valence electrons. The Morgan fingerprint density at radius 1 is 1.00 bits per heavy atom. The summed E-state index contributed by atoms with van der Waals surface area (Å²) in [5.74, 6) is 0.116. The fourth-order valence-electron chi connectivity index (χ4n) is 3.50. The van der Waals surface area contributed by atoms with Crippen molar-refractivity contribution in [2.24, 2.45) is 0 Å². The number of fused-ring (bicyclic) bond motifs is 1. The monoisotopic (exact) mass is 495 g/mol. The van der Waals surface area contributed by atoms with E-state index in [1.54, 1.807) is 18.2 Å². The lowest BCUT2D eigenvalue weighted by Crippen LogP contribution is -2.18. The molecule has 33 heavy (non-hydrogen) atoms. The molecule has 0 atom stereocenters. The van der Waals surface area contributed by atoms with Crippen molar-refractivity contribution in [1.82, 2.24) is 10.3 Å². The van der Waals surface area contributed by atoms with Crippen LogP contribution in [0.5, 0.6) is 5.75 Å². The highest BCUT2D eigenvalue weighted by atomic mass is 35.5. The Balaban J connectivity index is 0.00000385. The molecular weight excluding hydrogens is 466 g/mol. The predicted molar refractivity (Wildman–Crippen MR) is 134 cm³/mol. The lowest BCUT2D eigenvalue weighted by molar-refractivity contribution is -0.384. The SMILES string of the molecule is Cl.O=c1[nH]c2c(O)ccc(CCNCCCCCCOCCc3ccc([N+](=O)[O-])cc3)c2s1. The van der Waals surface area contributed by atoms with Gasteiger partial charge >= 0.3 is 4.87 Å². The Labute approximate surface area is 202 Å². The van der Waals surface area contributed by atoms with Gasteiger partial charge in [0.15, 0.2) is 0 Å². The fourth-order valence-corrected chi connectivity index (χ4v) is 4.40. The predicted octanol–water partition coefficient (Wildman–Crippen LogP) is 4.58. The third-order valence-electron chi connectivity index (χ3n) is 5.28. The highest BCUT2D eigenvalue weighted by molar-refractivity contribution is 7.16. The van der Waals surface area contributed by atoms with Gasteiger partial charge in [0.2, 0.25) is 0 Å². The number of benzene rings is 2. The van der Waals surface area contributed by atoms with Crippen molar-refractivity contribution < 1.29 is 14.8 Å². The van der Waals surface area contributed by atoms with Crippen LogP contribution in [0.15, 0.2) is 41.2 Å². The van der Waals surface area contributed by atoms with E-state index < -0.39 is 4.92 Å². The fraction of sp³-hybridized carbons (Fsp3) is 0.435. The molecule has 3 aromatic rings. The average molecular weight is 496 g/mol. The van der Waals surface area contributed by atoms with E-state index in [-0.39, 0.29) is 28.7 Å². The molecule has 0 radical (unpaired) electrons. The number of aromatic nitrogens is 1. The average Bonchev–Trinajstić information content (AvgIpc) is 3.18. The van der Waals surface area contributed by atoms with Crippen molar-refractivity contribution in [2.75, 3.05) is 26.3 Å². The van der Waals surface area contributed by atoms with Crippen LogP contribution in [-0.2, 0) is 17.6 Å². The summed E-state index contributed by atoms with van der Waals surface area (Å²) >= 11 is 1.14. The third-order valence-corrected chi connectivity index (χ3v) is 6.24. The number of hydrogen-bond acceptors (Lipinski definition) is 7. The van der Waals surface area contributed by atoms with Gasteiger partial charge in [0.05, 0.1) is 16.2 Å². The van der Waals surface area contributed by atoms with Crippen LogP contribution in [0.1, 0.15) is 36.8 Å². The molecule has 0 bridgehead atoms. The smallest absolute Gasteiger partial charge is 0.305 e. The number of ether oxygens (including phenoxy) is 1. The number of phenols is 1. The van der Waals surface area contributed by atoms with Crippen molar-refractivity contribution >= 4 is 39.6 Å². The summed E-state index contributed by atoms with van der Waals surface area (Å²) in [7, 11) is 0. The number of phenolic OH excluding ortho intramolecular Hbond substituents is 1. The zero-order chi connectivity index (χ0) is 22.8. The number of nitrogens with zero attached hydrogens (tertiary/aromatic N) is 1. The first-order valence-electron chi connectivity index (χ1n) is 10.9. The van der Waals surface area contributed by atoms with E-state index in [0.29, 0.717) is 12.1 Å². The van der Waals surface area contributed by atoms with E-state index in [0.717, 1.165) is 85.4 Å². The number of H-pyrrole nitrogens is 1. The molecule has 1 aromatic heterocycles. The van der Waals surface area contributed by atoms with E-state index in [1.807, 2.05) is 6.07 Å². The number of nitro groups is 1. The van der Waals surface area contributed by atoms with E-state index >= 15 is 0 Å². The second-order valence-electron chi connectivity index (χ2n) is 7.66. The summed E-state index contributed by atoms with van der Waals surface area (Å²) in [6, 6.07) is 10.1. The van der Waals surface area contributed by atoms with Gasteiger partial charge in [0.25, 0.3) is 5.69 Å². The minimum absolute atomic E-state index is 0. The first-order chi connectivity index (χ1) is 15.5. The molecule has 1 heterocycles. The van der Waals surface area contributed by atoms with Crippen LogP contribution in [0.4, 0.5) is 5.69 Å². The molecule has 2 aromatic carbocycles. The van der Waals surface area contributed by atoms with Crippen molar-refractivity contribution in [3.8, 4) is 5.75 Å². The number of aromatic hydroxyl groups is 1. The number of unbranched alkanes of at least 4 members (excludes halogenated alkanes) is 3. The molecule has 0 amide bonds. The normalized spacial score (nSPS) is 10.9. The standard InChI is InChI=1S/C23H29N3O5S.ClH/c27-20-10-7-18(22-21(20)25-23(28)32-22)11-14-24-13-3-1-2-4-15-31-16-12-17-5-8-19(9-6-17)26(29)30;/h5-10,24,27H,1-4,11-16H2,(H,25,28);1H. The van der Waals surface area contributed by atoms with Gasteiger partial charge < -0.3 is 20.1 Å². The van der Waals surface area contributed by atoms with E-state index in [2.05, 4.69) is 10.3 Å². The Hall–Kier alpha value is -2.46. The molecule has 0 aliphatic rings. The Bertz CT molecular complexity index is 1070. The molecule has 8 nitrogen and oxygen atoms in total. The highest BCUT2D eigenvalue weighted by Gasteiger charge is 2.09. The molecule has 0 saturated carbocycles. The van der Waals surface area contributed by atoms with Crippen molar-refractivity contribution in [3.63, 3.8) is 0 Å². The summed E-state index contributed by atoms with van der Waals surface area (Å²) in [5.41, 5.74) is 2.76. The summed E-state index contributed by atoms with van der Waals surface area (Å²) in [6.07, 6.45) is 5.96. The zero-order valence-electron chi connectivity index (χ0n) is 18.4. The van der Waals surface area contributed by atoms with Crippen LogP contribution in [-0.4, -0.2) is 41.3 Å². The number of aromatic amines is 1. The summed E-state index contributed by atoms with van der Waals surface area (Å²) in [4.78, 5) is 24.3. The Morgan fingerprint density at radius 3 is 2.52 bits per heavy atom. The number of nitrogens with one attached hydrogen (secondary N) is 2. The summed E-state index contributed by atoms with van der Waals surface area (Å²) in [5, 5.41) is 23.9. The first kappa shape index (κ1) is 26.8. The minimum Gasteiger partial charge on any atom is -0.506 e. The number of thiazole rings is 1. The third kappa shape index (κ3) is 8.43. The molecule has 3 rings (SSSR count).